The van der Waals surface area contributed by atoms with Gasteiger partial charge in [-0.1, -0.05) is 24.4 Å². The third-order valence-corrected chi connectivity index (χ3v) is 4.51. The van der Waals surface area contributed by atoms with E-state index >= 15 is 0 Å². The molecule has 0 bridgehead atoms. The van der Waals surface area contributed by atoms with Crippen LogP contribution in [0, 0.1) is 5.92 Å². The van der Waals surface area contributed by atoms with Gasteiger partial charge in [0.05, 0.1) is 22.0 Å². The maximum Gasteiger partial charge on any atom is 0.422 e. The summed E-state index contributed by atoms with van der Waals surface area (Å²) in [5.41, 5.74) is 0.608. The minimum absolute atomic E-state index is 0.0220. The number of esters is 1. The molecule has 0 radical (unpaired) electrons. The fourth-order valence-electron chi connectivity index (χ4n) is 2.37. The van der Waals surface area contributed by atoms with E-state index < -0.39 is 18.7 Å². The Morgan fingerprint density at radius 3 is 2.58 bits per heavy atom. The van der Waals surface area contributed by atoms with Gasteiger partial charge in [-0.2, -0.15) is 13.2 Å². The lowest BCUT2D eigenvalue weighted by molar-refractivity contribution is -0.153. The Morgan fingerprint density at radius 1 is 1.42 bits per heavy atom. The normalized spacial score (nSPS) is 15.9. The van der Waals surface area contributed by atoms with Crippen molar-refractivity contribution < 1.29 is 27.4 Å². The summed E-state index contributed by atoms with van der Waals surface area (Å²) in [7, 11) is 0. The fourth-order valence-corrected chi connectivity index (χ4v) is 3.36. The molecule has 0 N–H and O–H groups in total. The van der Waals surface area contributed by atoms with Crippen LogP contribution in [0.1, 0.15) is 37.7 Å². The van der Waals surface area contributed by atoms with Gasteiger partial charge in [0, 0.05) is 0 Å². The van der Waals surface area contributed by atoms with E-state index in [1.165, 1.54) is 6.07 Å². The van der Waals surface area contributed by atoms with E-state index in [1.807, 2.05) is 0 Å². The summed E-state index contributed by atoms with van der Waals surface area (Å²) in [5, 5.41) is 0.0220. The first-order chi connectivity index (χ1) is 11.2. The number of hydrogen-bond donors (Lipinski definition) is 0. The molecule has 1 aromatic rings. The van der Waals surface area contributed by atoms with Crippen LogP contribution in [0.4, 0.5) is 13.2 Å². The van der Waals surface area contributed by atoms with Crippen molar-refractivity contribution in [2.75, 3.05) is 13.2 Å². The first kappa shape index (κ1) is 19.4. The average Bonchev–Trinajstić information content (AvgIpc) is 3.26. The monoisotopic (exact) mass is 428 g/mol. The van der Waals surface area contributed by atoms with Gasteiger partial charge in [-0.05, 0) is 52.9 Å². The van der Waals surface area contributed by atoms with Gasteiger partial charge in [0.1, 0.15) is 0 Å². The number of ether oxygens (including phenoxy) is 2. The molecule has 1 atom stereocenters. The lowest BCUT2D eigenvalue weighted by Crippen LogP contribution is -2.20. The third kappa shape index (κ3) is 5.55. The molecule has 2 rings (SSSR count). The fraction of sp³-hybridized carbons (Fsp3) is 0.562. The van der Waals surface area contributed by atoms with Crippen LogP contribution in [0.25, 0.3) is 0 Å². The molecule has 3 nitrogen and oxygen atoms in total. The van der Waals surface area contributed by atoms with Crippen molar-refractivity contribution in [3.63, 3.8) is 0 Å². The van der Waals surface area contributed by atoms with Gasteiger partial charge in [0.15, 0.2) is 12.4 Å². The molecule has 134 valence electrons. The highest BCUT2D eigenvalue weighted by Crippen LogP contribution is 2.42. The SMILES string of the molecule is CCOC(=O)C(CC1CC1)c1cc(Cl)c(OCC(F)(F)F)c(Br)c1. The Labute approximate surface area is 151 Å². The van der Waals surface area contributed by atoms with Gasteiger partial charge >= 0.3 is 12.1 Å². The van der Waals surface area contributed by atoms with E-state index in [9.17, 15) is 18.0 Å². The molecule has 1 aliphatic rings. The maximum atomic E-state index is 12.3. The second-order valence-electron chi connectivity index (χ2n) is 5.70. The Bertz CT molecular complexity index is 580. The van der Waals surface area contributed by atoms with Crippen LogP contribution in [0.15, 0.2) is 16.6 Å². The van der Waals surface area contributed by atoms with Crippen LogP contribution in [0.2, 0.25) is 5.02 Å². The zero-order valence-corrected chi connectivity index (χ0v) is 15.3. The highest BCUT2D eigenvalue weighted by Gasteiger charge is 2.33. The first-order valence-corrected chi connectivity index (χ1v) is 8.73. The Hall–Kier alpha value is -0.950. The van der Waals surface area contributed by atoms with E-state index in [-0.39, 0.29) is 27.8 Å². The number of carbonyl (C=O) groups is 1. The zero-order valence-electron chi connectivity index (χ0n) is 13.0. The lowest BCUT2D eigenvalue weighted by atomic mass is 9.93. The highest BCUT2D eigenvalue weighted by atomic mass is 79.9. The van der Waals surface area contributed by atoms with Gasteiger partial charge in [-0.25, -0.2) is 0 Å². The standard InChI is InChI=1S/C16H17BrClF3O3/c1-2-23-15(22)11(5-9-3-4-9)10-6-12(17)14(13(18)7-10)24-8-16(19,20)21/h6-7,9,11H,2-5,8H2,1H3. The van der Waals surface area contributed by atoms with Crippen molar-refractivity contribution in [3.05, 3.63) is 27.2 Å². The first-order valence-electron chi connectivity index (χ1n) is 7.56. The lowest BCUT2D eigenvalue weighted by Gasteiger charge is -2.18. The number of halogens is 5. The van der Waals surface area contributed by atoms with Gasteiger partial charge in [0.25, 0.3) is 0 Å². The van der Waals surface area contributed by atoms with Crippen LogP contribution in [0.3, 0.4) is 0 Å². The van der Waals surface area contributed by atoms with Crippen LogP contribution in [-0.2, 0) is 9.53 Å². The summed E-state index contributed by atoms with van der Waals surface area (Å²) in [6, 6.07) is 3.05. The highest BCUT2D eigenvalue weighted by molar-refractivity contribution is 9.10. The predicted molar refractivity (Wildman–Crippen MR) is 87.4 cm³/mol. The molecule has 8 heteroatoms. The quantitative estimate of drug-likeness (QED) is 0.538. The van der Waals surface area contributed by atoms with Crippen molar-refractivity contribution in [1.29, 1.82) is 0 Å². The van der Waals surface area contributed by atoms with Gasteiger partial charge in [0.2, 0.25) is 0 Å². The molecule has 1 saturated carbocycles. The summed E-state index contributed by atoms with van der Waals surface area (Å²) in [6.45, 7) is 0.554. The van der Waals surface area contributed by atoms with Crippen LogP contribution in [-0.4, -0.2) is 25.4 Å². The second-order valence-corrected chi connectivity index (χ2v) is 6.96. The summed E-state index contributed by atoms with van der Waals surface area (Å²) >= 11 is 9.24. The maximum absolute atomic E-state index is 12.3. The third-order valence-electron chi connectivity index (χ3n) is 3.64. The van der Waals surface area contributed by atoms with Crippen LogP contribution in [0.5, 0.6) is 5.75 Å². The van der Waals surface area contributed by atoms with E-state index in [1.54, 1.807) is 13.0 Å². The van der Waals surface area contributed by atoms with Crippen molar-refractivity contribution in [2.24, 2.45) is 5.92 Å². The minimum Gasteiger partial charge on any atom is -0.481 e. The van der Waals surface area contributed by atoms with E-state index in [2.05, 4.69) is 15.9 Å². The van der Waals surface area contributed by atoms with Crippen molar-refractivity contribution in [1.82, 2.24) is 0 Å². The van der Waals surface area contributed by atoms with E-state index in [4.69, 9.17) is 21.1 Å². The van der Waals surface area contributed by atoms with Gasteiger partial charge < -0.3 is 9.47 Å². The molecule has 1 aliphatic carbocycles. The van der Waals surface area contributed by atoms with E-state index in [0.717, 1.165) is 12.8 Å². The van der Waals surface area contributed by atoms with Crippen molar-refractivity contribution in [3.8, 4) is 5.75 Å². The number of benzene rings is 1. The molecule has 0 aliphatic heterocycles. The Morgan fingerprint density at radius 2 is 2.08 bits per heavy atom. The number of hydrogen-bond acceptors (Lipinski definition) is 3. The van der Waals surface area contributed by atoms with Crippen LogP contribution >= 0.6 is 27.5 Å². The molecule has 24 heavy (non-hydrogen) atoms. The summed E-state index contributed by atoms with van der Waals surface area (Å²) in [6.07, 6.45) is -1.68. The van der Waals surface area contributed by atoms with Gasteiger partial charge in [-0.3, -0.25) is 4.79 Å². The largest absolute Gasteiger partial charge is 0.481 e. The van der Waals surface area contributed by atoms with E-state index in [0.29, 0.717) is 17.9 Å². The Kier molecular flexibility index (Phi) is 6.42. The summed E-state index contributed by atoms with van der Waals surface area (Å²) in [5.74, 6) is -0.455. The van der Waals surface area contributed by atoms with Crippen LogP contribution < -0.4 is 4.74 Å². The number of alkyl halides is 3. The molecule has 0 aromatic heterocycles. The molecule has 0 spiro atoms. The molecule has 0 amide bonds. The second kappa shape index (κ2) is 7.95. The summed E-state index contributed by atoms with van der Waals surface area (Å²) < 4.78 is 47.1. The number of rotatable bonds is 7. The van der Waals surface area contributed by atoms with Gasteiger partial charge in [-0.15, -0.1) is 0 Å². The Balaban J connectivity index is 2.23. The van der Waals surface area contributed by atoms with Crippen molar-refractivity contribution >= 4 is 33.5 Å². The molecular formula is C16H17BrClF3O3. The molecule has 1 fully saturated rings. The molecule has 1 aromatic carbocycles. The zero-order chi connectivity index (χ0) is 17.9. The minimum atomic E-state index is -4.46. The summed E-state index contributed by atoms with van der Waals surface area (Å²) in [4.78, 5) is 12.2. The molecule has 0 saturated heterocycles. The average molecular weight is 430 g/mol. The number of carbonyl (C=O) groups excluding carboxylic acids is 1. The molecular weight excluding hydrogens is 413 g/mol. The molecule has 0 heterocycles. The smallest absolute Gasteiger partial charge is 0.422 e. The predicted octanol–water partition coefficient (Wildman–Crippen LogP) is 5.49. The molecule has 1 unspecified atom stereocenters. The topological polar surface area (TPSA) is 35.5 Å². The van der Waals surface area contributed by atoms with Crippen molar-refractivity contribution in [2.45, 2.75) is 38.3 Å².